The number of benzene rings is 2. The highest BCUT2D eigenvalue weighted by molar-refractivity contribution is 5.93. The van der Waals surface area contributed by atoms with E-state index in [0.717, 1.165) is 17.9 Å². The van der Waals surface area contributed by atoms with E-state index in [4.69, 9.17) is 9.47 Å². The van der Waals surface area contributed by atoms with Gasteiger partial charge in [-0.1, -0.05) is 30.3 Å². The zero-order chi connectivity index (χ0) is 14.7. The highest BCUT2D eigenvalue weighted by atomic mass is 16.7. The molecule has 1 amide bonds. The fraction of sp³-hybridized carbons (Fsp3) is 0.235. The van der Waals surface area contributed by atoms with Crippen molar-refractivity contribution in [1.82, 2.24) is 0 Å². The van der Waals surface area contributed by atoms with E-state index in [1.165, 1.54) is 5.56 Å². The van der Waals surface area contributed by atoms with Crippen molar-refractivity contribution in [2.75, 3.05) is 18.7 Å². The number of nitrogens with zero attached hydrogens (tertiary/aromatic N) is 1. The molecule has 0 radical (unpaired) electrons. The SMILES string of the molecule is CN(C(=O)CCc1ccccc1)c1ccc2c(c1)OCO2. The van der Waals surface area contributed by atoms with Gasteiger partial charge >= 0.3 is 0 Å². The highest BCUT2D eigenvalue weighted by Gasteiger charge is 2.17. The number of rotatable bonds is 4. The predicted octanol–water partition coefficient (Wildman–Crippen LogP) is 3.01. The fourth-order valence-electron chi connectivity index (χ4n) is 2.30. The van der Waals surface area contributed by atoms with Crippen molar-refractivity contribution in [3.63, 3.8) is 0 Å². The first-order valence-corrected chi connectivity index (χ1v) is 6.94. The summed E-state index contributed by atoms with van der Waals surface area (Å²) >= 11 is 0. The Morgan fingerprint density at radius 1 is 1.10 bits per heavy atom. The van der Waals surface area contributed by atoms with Gasteiger partial charge in [0.05, 0.1) is 0 Å². The molecule has 21 heavy (non-hydrogen) atoms. The Morgan fingerprint density at radius 2 is 1.86 bits per heavy atom. The minimum absolute atomic E-state index is 0.0812. The van der Waals surface area contributed by atoms with Gasteiger partial charge in [-0.3, -0.25) is 4.79 Å². The first-order chi connectivity index (χ1) is 10.2. The second kappa shape index (κ2) is 5.87. The maximum Gasteiger partial charge on any atom is 0.231 e. The minimum atomic E-state index is 0.0812. The van der Waals surface area contributed by atoms with E-state index in [1.807, 2.05) is 48.5 Å². The Bertz CT molecular complexity index is 640. The number of anilines is 1. The van der Waals surface area contributed by atoms with Crippen molar-refractivity contribution in [3.8, 4) is 11.5 Å². The number of fused-ring (bicyclic) bond motifs is 1. The van der Waals surface area contributed by atoms with Crippen LogP contribution in [-0.4, -0.2) is 19.7 Å². The number of carbonyl (C=O) groups is 1. The fourth-order valence-corrected chi connectivity index (χ4v) is 2.30. The van der Waals surface area contributed by atoms with E-state index in [2.05, 4.69) is 0 Å². The van der Waals surface area contributed by atoms with Crippen LogP contribution in [0.1, 0.15) is 12.0 Å². The standard InChI is InChI=1S/C17H17NO3/c1-18(14-8-9-15-16(11-14)21-12-20-15)17(19)10-7-13-5-3-2-4-6-13/h2-6,8-9,11H,7,10,12H2,1H3. The molecule has 0 atom stereocenters. The molecule has 0 saturated carbocycles. The lowest BCUT2D eigenvalue weighted by Gasteiger charge is -2.17. The largest absolute Gasteiger partial charge is 0.454 e. The van der Waals surface area contributed by atoms with Gasteiger partial charge in [0.2, 0.25) is 12.7 Å². The molecule has 0 aliphatic carbocycles. The first-order valence-electron chi connectivity index (χ1n) is 6.94. The van der Waals surface area contributed by atoms with Crippen molar-refractivity contribution in [2.45, 2.75) is 12.8 Å². The average molecular weight is 283 g/mol. The molecule has 108 valence electrons. The van der Waals surface area contributed by atoms with Crippen LogP contribution < -0.4 is 14.4 Å². The lowest BCUT2D eigenvalue weighted by molar-refractivity contribution is -0.118. The Balaban J connectivity index is 1.64. The summed E-state index contributed by atoms with van der Waals surface area (Å²) in [5, 5.41) is 0. The van der Waals surface area contributed by atoms with Crippen molar-refractivity contribution in [2.24, 2.45) is 0 Å². The smallest absolute Gasteiger partial charge is 0.231 e. The molecule has 2 aromatic rings. The van der Waals surface area contributed by atoms with E-state index in [-0.39, 0.29) is 12.7 Å². The summed E-state index contributed by atoms with van der Waals surface area (Å²) in [5.41, 5.74) is 1.99. The zero-order valence-corrected chi connectivity index (χ0v) is 11.9. The summed E-state index contributed by atoms with van der Waals surface area (Å²) in [7, 11) is 1.78. The summed E-state index contributed by atoms with van der Waals surface area (Å²) in [6, 6.07) is 15.6. The molecule has 0 saturated heterocycles. The zero-order valence-electron chi connectivity index (χ0n) is 11.9. The normalized spacial score (nSPS) is 12.2. The Hall–Kier alpha value is -2.49. The second-order valence-corrected chi connectivity index (χ2v) is 4.98. The van der Waals surface area contributed by atoms with Gasteiger partial charge < -0.3 is 14.4 Å². The molecule has 0 N–H and O–H groups in total. The Labute approximate surface area is 123 Å². The predicted molar refractivity (Wildman–Crippen MR) is 80.7 cm³/mol. The number of hydrogen-bond acceptors (Lipinski definition) is 3. The molecule has 1 heterocycles. The topological polar surface area (TPSA) is 38.8 Å². The summed E-state index contributed by atoms with van der Waals surface area (Å²) in [6.45, 7) is 0.241. The average Bonchev–Trinajstić information content (AvgIpc) is 3.00. The molecule has 0 spiro atoms. The van der Waals surface area contributed by atoms with Crippen LogP contribution in [0, 0.1) is 0 Å². The molecule has 3 rings (SSSR count). The molecular formula is C17H17NO3. The van der Waals surface area contributed by atoms with Crippen LogP contribution in [0.2, 0.25) is 0 Å². The van der Waals surface area contributed by atoms with E-state index in [0.29, 0.717) is 12.2 Å². The molecule has 0 fully saturated rings. The van der Waals surface area contributed by atoms with Gasteiger partial charge in [0.25, 0.3) is 0 Å². The molecule has 0 aromatic heterocycles. The Kier molecular flexibility index (Phi) is 3.77. The van der Waals surface area contributed by atoms with Gasteiger partial charge in [-0.25, -0.2) is 0 Å². The first kappa shape index (κ1) is 13.5. The van der Waals surface area contributed by atoms with Gasteiger partial charge in [0.15, 0.2) is 11.5 Å². The maximum atomic E-state index is 12.3. The van der Waals surface area contributed by atoms with Crippen LogP contribution in [0.5, 0.6) is 11.5 Å². The van der Waals surface area contributed by atoms with Crippen LogP contribution in [0.4, 0.5) is 5.69 Å². The van der Waals surface area contributed by atoms with Crippen molar-refractivity contribution in [1.29, 1.82) is 0 Å². The summed E-state index contributed by atoms with van der Waals surface area (Å²) in [5.74, 6) is 1.50. The van der Waals surface area contributed by atoms with Crippen molar-refractivity contribution in [3.05, 3.63) is 54.1 Å². The molecule has 4 nitrogen and oxygen atoms in total. The number of carbonyl (C=O) groups excluding carboxylic acids is 1. The molecule has 4 heteroatoms. The molecule has 2 aromatic carbocycles. The third kappa shape index (κ3) is 2.99. The Morgan fingerprint density at radius 3 is 2.67 bits per heavy atom. The molecular weight excluding hydrogens is 266 g/mol. The van der Waals surface area contributed by atoms with Gasteiger partial charge in [-0.2, -0.15) is 0 Å². The number of amides is 1. The quantitative estimate of drug-likeness (QED) is 0.865. The van der Waals surface area contributed by atoms with Crippen LogP contribution in [0.3, 0.4) is 0 Å². The van der Waals surface area contributed by atoms with Crippen LogP contribution in [0.15, 0.2) is 48.5 Å². The van der Waals surface area contributed by atoms with Gasteiger partial charge in [0.1, 0.15) is 0 Å². The summed E-state index contributed by atoms with van der Waals surface area (Å²) in [4.78, 5) is 13.9. The van der Waals surface area contributed by atoms with E-state index in [9.17, 15) is 4.79 Å². The van der Waals surface area contributed by atoms with Crippen LogP contribution in [0.25, 0.3) is 0 Å². The minimum Gasteiger partial charge on any atom is -0.454 e. The van der Waals surface area contributed by atoms with Crippen LogP contribution >= 0.6 is 0 Å². The van der Waals surface area contributed by atoms with E-state index >= 15 is 0 Å². The highest BCUT2D eigenvalue weighted by Crippen LogP contribution is 2.35. The number of aryl methyl sites for hydroxylation is 1. The van der Waals surface area contributed by atoms with Crippen LogP contribution in [-0.2, 0) is 11.2 Å². The lowest BCUT2D eigenvalue weighted by atomic mass is 10.1. The van der Waals surface area contributed by atoms with Crippen molar-refractivity contribution < 1.29 is 14.3 Å². The van der Waals surface area contributed by atoms with Gasteiger partial charge in [-0.05, 0) is 24.1 Å². The molecule has 1 aliphatic rings. The third-order valence-corrected chi connectivity index (χ3v) is 3.59. The molecule has 1 aliphatic heterocycles. The summed E-state index contributed by atoms with van der Waals surface area (Å²) in [6.07, 6.45) is 1.23. The lowest BCUT2D eigenvalue weighted by Crippen LogP contribution is -2.26. The second-order valence-electron chi connectivity index (χ2n) is 4.98. The number of ether oxygens (including phenoxy) is 2. The van der Waals surface area contributed by atoms with Gasteiger partial charge in [0, 0.05) is 25.2 Å². The molecule has 0 bridgehead atoms. The van der Waals surface area contributed by atoms with E-state index < -0.39 is 0 Å². The monoisotopic (exact) mass is 283 g/mol. The third-order valence-electron chi connectivity index (χ3n) is 3.59. The molecule has 0 unspecified atom stereocenters. The maximum absolute atomic E-state index is 12.3. The number of hydrogen-bond donors (Lipinski definition) is 0. The van der Waals surface area contributed by atoms with Gasteiger partial charge in [-0.15, -0.1) is 0 Å². The summed E-state index contributed by atoms with van der Waals surface area (Å²) < 4.78 is 10.6. The van der Waals surface area contributed by atoms with Crippen molar-refractivity contribution >= 4 is 11.6 Å². The van der Waals surface area contributed by atoms with E-state index in [1.54, 1.807) is 11.9 Å².